The Morgan fingerprint density at radius 3 is 2.74 bits per heavy atom. The van der Waals surface area contributed by atoms with Gasteiger partial charge in [0, 0.05) is 29.9 Å². The number of pyridine rings is 1. The van der Waals surface area contributed by atoms with Crippen LogP contribution in [-0.2, 0) is 20.8 Å². The number of furan rings is 1. The van der Waals surface area contributed by atoms with E-state index in [4.69, 9.17) is 9.15 Å². The van der Waals surface area contributed by atoms with Crippen LogP contribution in [0.1, 0.15) is 37.3 Å². The maximum Gasteiger partial charge on any atom is 0.415 e. The number of ether oxygens (including phenoxy) is 1. The average Bonchev–Trinajstić information content (AvgIpc) is 3.58. The fourth-order valence-electron chi connectivity index (χ4n) is 5.42. The Labute approximate surface area is 219 Å². The van der Waals surface area contributed by atoms with E-state index in [1.165, 1.54) is 4.90 Å². The van der Waals surface area contributed by atoms with Gasteiger partial charge in [-0.15, -0.1) is 0 Å². The predicted molar refractivity (Wildman–Crippen MR) is 137 cm³/mol. The van der Waals surface area contributed by atoms with Crippen molar-refractivity contribution in [3.63, 3.8) is 0 Å². The molecule has 0 aliphatic carbocycles. The van der Waals surface area contributed by atoms with Crippen molar-refractivity contribution in [3.8, 4) is 5.95 Å². The molecule has 0 spiro atoms. The van der Waals surface area contributed by atoms with Crippen LogP contribution in [0.5, 0.6) is 5.95 Å². The van der Waals surface area contributed by atoms with E-state index in [9.17, 15) is 19.2 Å². The molecule has 2 fully saturated rings. The summed E-state index contributed by atoms with van der Waals surface area (Å²) < 4.78 is 11.1. The Hall–Kier alpha value is -4.21. The minimum absolute atomic E-state index is 0.0303. The summed E-state index contributed by atoms with van der Waals surface area (Å²) >= 11 is 0. The van der Waals surface area contributed by atoms with Crippen LogP contribution in [0, 0.1) is 6.92 Å². The number of aryl methyl sites for hydroxylation is 1. The molecular weight excluding hydrogens is 488 g/mol. The first-order valence-corrected chi connectivity index (χ1v) is 12.9. The van der Waals surface area contributed by atoms with Crippen molar-refractivity contribution >= 4 is 34.7 Å². The number of amides is 3. The second-order valence-electron chi connectivity index (χ2n) is 9.74. The number of nitrogens with zero attached hydrogens (tertiary/aromatic N) is 3. The van der Waals surface area contributed by atoms with Gasteiger partial charge in [-0.25, -0.2) is 4.79 Å². The van der Waals surface area contributed by atoms with Gasteiger partial charge in [-0.05, 0) is 37.5 Å². The lowest BCUT2D eigenvalue weighted by Crippen LogP contribution is -2.53. The molecule has 4 heterocycles. The molecule has 0 saturated carbocycles. The summed E-state index contributed by atoms with van der Waals surface area (Å²) in [6, 6.07) is 8.97. The molecule has 1 aromatic carbocycles. The average molecular weight is 519 g/mol. The van der Waals surface area contributed by atoms with E-state index in [1.807, 2.05) is 31.2 Å². The van der Waals surface area contributed by atoms with Gasteiger partial charge in [0.1, 0.15) is 17.7 Å². The van der Waals surface area contributed by atoms with Crippen LogP contribution in [-0.4, -0.2) is 69.7 Å². The predicted octanol–water partition coefficient (Wildman–Crippen LogP) is 3.02. The first kappa shape index (κ1) is 25.4. The van der Waals surface area contributed by atoms with E-state index in [0.717, 1.165) is 10.9 Å². The number of hydrogen-bond donors (Lipinski definition) is 1. The summed E-state index contributed by atoms with van der Waals surface area (Å²) in [5, 5.41) is 3.50. The molecule has 0 bridgehead atoms. The number of para-hydroxylation sites is 1. The van der Waals surface area contributed by atoms with Gasteiger partial charge >= 0.3 is 6.09 Å². The van der Waals surface area contributed by atoms with Gasteiger partial charge < -0.3 is 24.3 Å². The van der Waals surface area contributed by atoms with Gasteiger partial charge in [0.25, 0.3) is 5.95 Å². The molecule has 3 amide bonds. The van der Waals surface area contributed by atoms with E-state index in [0.29, 0.717) is 37.0 Å². The number of likely N-dealkylation sites (tertiary alicyclic amines) is 2. The Morgan fingerprint density at radius 2 is 2.00 bits per heavy atom. The third-order valence-corrected chi connectivity index (χ3v) is 7.26. The highest BCUT2D eigenvalue weighted by molar-refractivity contribution is 5.99. The molecule has 2 saturated heterocycles. The molecule has 198 valence electrons. The third kappa shape index (κ3) is 4.85. The van der Waals surface area contributed by atoms with Crippen LogP contribution < -0.4 is 10.1 Å². The summed E-state index contributed by atoms with van der Waals surface area (Å²) in [6.07, 6.45) is 4.11. The first-order valence-electron chi connectivity index (χ1n) is 12.9. The number of fused-ring (bicyclic) bond motifs is 2. The van der Waals surface area contributed by atoms with Gasteiger partial charge in [-0.2, -0.15) is 0 Å². The van der Waals surface area contributed by atoms with Crippen LogP contribution in [0.3, 0.4) is 0 Å². The Morgan fingerprint density at radius 1 is 1.18 bits per heavy atom. The standard InChI is InChI=1S/C28H30N4O6/c1-3-7-20(30-28(36)38-27-17(2)19-9-4-5-10-23(19)37-27)26(35)31-13-11-21-25(31)22(33)16-32(21)24(34)14-18-8-6-12-29-15-18/h4-6,8-10,12,15,20-21,25H,3,7,11,13-14,16H2,1-2H3,(H,30,36). The number of nitrogens with one attached hydrogen (secondary N) is 1. The molecule has 0 radical (unpaired) electrons. The van der Waals surface area contributed by atoms with E-state index < -0.39 is 18.2 Å². The van der Waals surface area contributed by atoms with Crippen LogP contribution in [0.25, 0.3) is 11.0 Å². The fourth-order valence-corrected chi connectivity index (χ4v) is 5.42. The highest BCUT2D eigenvalue weighted by Gasteiger charge is 2.52. The van der Waals surface area contributed by atoms with Gasteiger partial charge in [0.15, 0.2) is 5.78 Å². The number of ketones is 1. The third-order valence-electron chi connectivity index (χ3n) is 7.26. The number of carbonyl (C=O) groups is 4. The molecule has 10 heteroatoms. The summed E-state index contributed by atoms with van der Waals surface area (Å²) in [5.41, 5.74) is 2.05. The van der Waals surface area contributed by atoms with Crippen LogP contribution >= 0.6 is 0 Å². The largest absolute Gasteiger partial charge is 0.425 e. The first-order chi connectivity index (χ1) is 18.4. The van der Waals surface area contributed by atoms with Crippen LogP contribution in [0.15, 0.2) is 53.2 Å². The zero-order valence-electron chi connectivity index (χ0n) is 21.4. The lowest BCUT2D eigenvalue weighted by molar-refractivity contribution is -0.138. The normalized spacial score (nSPS) is 19.5. The van der Waals surface area contributed by atoms with Crippen LogP contribution in [0.4, 0.5) is 4.79 Å². The SMILES string of the molecule is CCCC(NC(=O)Oc1oc2ccccc2c1C)C(=O)N1CCC2C1C(=O)CN2C(=O)Cc1cccnc1. The Kier molecular flexibility index (Phi) is 7.13. The maximum absolute atomic E-state index is 13.6. The number of Topliss-reactive ketones (excluding diaryl/α,β-unsaturated/α-hetero) is 1. The summed E-state index contributed by atoms with van der Waals surface area (Å²) in [7, 11) is 0. The van der Waals surface area contributed by atoms with Crippen molar-refractivity contribution in [3.05, 3.63) is 59.9 Å². The molecule has 3 aromatic rings. The maximum atomic E-state index is 13.6. The molecule has 2 aromatic heterocycles. The van der Waals surface area contributed by atoms with Crippen molar-refractivity contribution in [2.24, 2.45) is 0 Å². The van der Waals surface area contributed by atoms with E-state index in [2.05, 4.69) is 10.3 Å². The van der Waals surface area contributed by atoms with E-state index in [-0.39, 0.29) is 42.6 Å². The fraction of sp³-hybridized carbons (Fsp3) is 0.393. The lowest BCUT2D eigenvalue weighted by atomic mass is 10.1. The van der Waals surface area contributed by atoms with Crippen molar-refractivity contribution in [1.29, 1.82) is 0 Å². The summed E-state index contributed by atoms with van der Waals surface area (Å²) in [6.45, 7) is 4.00. The topological polar surface area (TPSA) is 122 Å². The number of rotatable bonds is 7. The van der Waals surface area contributed by atoms with Gasteiger partial charge in [0.2, 0.25) is 11.8 Å². The number of hydrogen-bond acceptors (Lipinski definition) is 7. The Bertz CT molecular complexity index is 1370. The molecule has 3 unspecified atom stereocenters. The minimum Gasteiger partial charge on any atom is -0.425 e. The van der Waals surface area contributed by atoms with E-state index >= 15 is 0 Å². The molecule has 10 nitrogen and oxygen atoms in total. The van der Waals surface area contributed by atoms with Gasteiger partial charge in [-0.1, -0.05) is 37.6 Å². The molecule has 2 aliphatic rings. The zero-order valence-corrected chi connectivity index (χ0v) is 21.4. The molecule has 1 N–H and O–H groups in total. The second-order valence-corrected chi connectivity index (χ2v) is 9.74. The van der Waals surface area contributed by atoms with Crippen LogP contribution in [0.2, 0.25) is 0 Å². The Balaban J connectivity index is 1.26. The van der Waals surface area contributed by atoms with Crippen molar-refractivity contribution < 1.29 is 28.3 Å². The minimum atomic E-state index is -0.871. The highest BCUT2D eigenvalue weighted by atomic mass is 16.6. The van der Waals surface area contributed by atoms with Crippen molar-refractivity contribution in [2.75, 3.05) is 13.1 Å². The van der Waals surface area contributed by atoms with Gasteiger partial charge in [-0.3, -0.25) is 19.4 Å². The molecular formula is C28H30N4O6. The quantitative estimate of drug-likeness (QED) is 0.510. The molecule has 2 aliphatic heterocycles. The number of benzene rings is 1. The van der Waals surface area contributed by atoms with Gasteiger partial charge in [0.05, 0.1) is 19.0 Å². The molecule has 5 rings (SSSR count). The summed E-state index contributed by atoms with van der Waals surface area (Å²) in [5.74, 6) is -0.619. The van der Waals surface area contributed by atoms with Crippen molar-refractivity contribution in [2.45, 2.75) is 57.7 Å². The van der Waals surface area contributed by atoms with E-state index in [1.54, 1.807) is 36.4 Å². The second kappa shape index (κ2) is 10.6. The number of carbonyl (C=O) groups excluding carboxylic acids is 4. The highest BCUT2D eigenvalue weighted by Crippen LogP contribution is 2.32. The number of aromatic nitrogens is 1. The lowest BCUT2D eigenvalue weighted by Gasteiger charge is -2.28. The smallest absolute Gasteiger partial charge is 0.415 e. The molecule has 38 heavy (non-hydrogen) atoms. The monoisotopic (exact) mass is 518 g/mol. The summed E-state index contributed by atoms with van der Waals surface area (Å²) in [4.78, 5) is 59.4. The van der Waals surface area contributed by atoms with Crippen molar-refractivity contribution in [1.82, 2.24) is 20.1 Å². The molecule has 3 atom stereocenters. The zero-order chi connectivity index (χ0) is 26.8.